The Morgan fingerprint density at radius 2 is 2.20 bits per heavy atom. The first-order valence-corrected chi connectivity index (χ1v) is 7.96. The molecule has 0 bridgehead atoms. The smallest absolute Gasteiger partial charge is 0.202 e. The second-order valence-corrected chi connectivity index (χ2v) is 6.66. The van der Waals surface area contributed by atoms with Crippen LogP contribution in [0.3, 0.4) is 0 Å². The van der Waals surface area contributed by atoms with Crippen LogP contribution in [0.2, 0.25) is 0 Å². The van der Waals surface area contributed by atoms with Crippen LogP contribution < -0.4 is 5.32 Å². The molecule has 0 aromatic carbocycles. The summed E-state index contributed by atoms with van der Waals surface area (Å²) in [7, 11) is 1.89. The fraction of sp³-hybridized carbons (Fsp3) is 0.778. The minimum absolute atomic E-state index is 0.493. The second-order valence-electron chi connectivity index (χ2n) is 3.32. The molecule has 15 heavy (non-hydrogen) atoms. The number of anilines is 1. The zero-order valence-corrected chi connectivity index (χ0v) is 11.3. The Balaban J connectivity index is 2.12. The molecule has 1 aliphatic heterocycles. The van der Waals surface area contributed by atoms with Crippen LogP contribution in [0.25, 0.3) is 0 Å². The first-order valence-electron chi connectivity index (χ1n) is 5.09. The summed E-state index contributed by atoms with van der Waals surface area (Å²) in [6, 6.07) is 0. The van der Waals surface area contributed by atoms with Crippen molar-refractivity contribution in [3.05, 3.63) is 5.82 Å². The van der Waals surface area contributed by atoms with E-state index in [2.05, 4.69) is 33.4 Å². The molecule has 1 aliphatic rings. The SMILES string of the molecule is CCC1SCCSC1c1nsc(NC)n1. The summed E-state index contributed by atoms with van der Waals surface area (Å²) in [6.45, 7) is 2.25. The summed E-state index contributed by atoms with van der Waals surface area (Å²) in [4.78, 5) is 4.51. The lowest BCUT2D eigenvalue weighted by molar-refractivity contribution is 0.763. The second kappa shape index (κ2) is 5.41. The number of hydrogen-bond donors (Lipinski definition) is 1. The van der Waals surface area contributed by atoms with Crippen LogP contribution in [0.1, 0.15) is 24.4 Å². The minimum Gasteiger partial charge on any atom is -0.363 e. The number of hydrogen-bond acceptors (Lipinski definition) is 6. The van der Waals surface area contributed by atoms with E-state index in [9.17, 15) is 0 Å². The predicted molar refractivity (Wildman–Crippen MR) is 71.2 cm³/mol. The van der Waals surface area contributed by atoms with Gasteiger partial charge in [-0.2, -0.15) is 16.1 Å². The Kier molecular flexibility index (Phi) is 4.16. The molecule has 1 fully saturated rings. The summed E-state index contributed by atoms with van der Waals surface area (Å²) >= 11 is 5.53. The lowest BCUT2D eigenvalue weighted by Gasteiger charge is -2.27. The maximum atomic E-state index is 4.51. The summed E-state index contributed by atoms with van der Waals surface area (Å²) < 4.78 is 4.44. The molecule has 1 aromatic heterocycles. The van der Waals surface area contributed by atoms with Gasteiger partial charge in [0.05, 0.1) is 5.25 Å². The van der Waals surface area contributed by atoms with Crippen molar-refractivity contribution >= 4 is 40.2 Å². The lowest BCUT2D eigenvalue weighted by Crippen LogP contribution is -2.19. The molecule has 0 amide bonds. The monoisotopic (exact) mass is 261 g/mol. The van der Waals surface area contributed by atoms with Crippen molar-refractivity contribution in [3.8, 4) is 0 Å². The zero-order valence-electron chi connectivity index (χ0n) is 8.90. The van der Waals surface area contributed by atoms with Crippen molar-refractivity contribution in [2.24, 2.45) is 0 Å². The normalized spacial score (nSPS) is 26.5. The molecule has 2 unspecified atom stereocenters. The Bertz CT molecular complexity index is 315. The molecule has 6 heteroatoms. The Morgan fingerprint density at radius 3 is 2.87 bits per heavy atom. The number of aromatic nitrogens is 2. The van der Waals surface area contributed by atoms with E-state index < -0.39 is 0 Å². The van der Waals surface area contributed by atoms with Crippen molar-refractivity contribution in [2.45, 2.75) is 23.8 Å². The van der Waals surface area contributed by atoms with Crippen LogP contribution >= 0.6 is 35.1 Å². The Hall–Kier alpha value is 0.0600. The molecule has 0 spiro atoms. The quantitative estimate of drug-likeness (QED) is 0.905. The molecule has 84 valence electrons. The highest BCUT2D eigenvalue weighted by molar-refractivity contribution is 8.06. The third-order valence-corrected chi connectivity index (χ3v) is 6.35. The summed E-state index contributed by atoms with van der Waals surface area (Å²) in [5.74, 6) is 3.51. The van der Waals surface area contributed by atoms with Gasteiger partial charge in [0.2, 0.25) is 5.13 Å². The summed E-state index contributed by atoms with van der Waals surface area (Å²) in [5, 5.41) is 5.15. The molecule has 0 aliphatic carbocycles. The third kappa shape index (κ3) is 2.60. The Morgan fingerprint density at radius 1 is 1.40 bits per heavy atom. The number of thioether (sulfide) groups is 2. The van der Waals surface area contributed by atoms with Gasteiger partial charge in [0, 0.05) is 35.3 Å². The van der Waals surface area contributed by atoms with Gasteiger partial charge >= 0.3 is 0 Å². The van der Waals surface area contributed by atoms with E-state index in [1.54, 1.807) is 0 Å². The van der Waals surface area contributed by atoms with Gasteiger partial charge in [-0.25, -0.2) is 4.98 Å². The van der Waals surface area contributed by atoms with Gasteiger partial charge in [-0.1, -0.05) is 6.92 Å². The molecule has 0 radical (unpaired) electrons. The van der Waals surface area contributed by atoms with E-state index in [0.29, 0.717) is 10.5 Å². The van der Waals surface area contributed by atoms with Gasteiger partial charge in [0.1, 0.15) is 0 Å². The summed E-state index contributed by atoms with van der Waals surface area (Å²) in [6.07, 6.45) is 1.20. The fourth-order valence-corrected chi connectivity index (χ4v) is 5.21. The zero-order chi connectivity index (χ0) is 10.7. The van der Waals surface area contributed by atoms with E-state index in [-0.39, 0.29) is 0 Å². The van der Waals surface area contributed by atoms with Crippen molar-refractivity contribution in [1.82, 2.24) is 9.36 Å². The largest absolute Gasteiger partial charge is 0.363 e. The van der Waals surface area contributed by atoms with E-state index in [4.69, 9.17) is 0 Å². The van der Waals surface area contributed by atoms with E-state index in [0.717, 1.165) is 11.0 Å². The lowest BCUT2D eigenvalue weighted by atomic mass is 10.2. The highest BCUT2D eigenvalue weighted by Crippen LogP contribution is 2.43. The van der Waals surface area contributed by atoms with Crippen LogP contribution in [0.15, 0.2) is 0 Å². The Labute approximate surface area is 103 Å². The number of nitrogens with one attached hydrogen (secondary N) is 1. The van der Waals surface area contributed by atoms with Crippen LogP contribution in [-0.2, 0) is 0 Å². The van der Waals surface area contributed by atoms with Gasteiger partial charge < -0.3 is 5.32 Å². The molecule has 1 aromatic rings. The molecule has 2 atom stereocenters. The van der Waals surface area contributed by atoms with E-state index >= 15 is 0 Å². The fourth-order valence-electron chi connectivity index (χ4n) is 1.59. The first kappa shape index (κ1) is 11.5. The van der Waals surface area contributed by atoms with Crippen LogP contribution in [0.5, 0.6) is 0 Å². The van der Waals surface area contributed by atoms with Crippen LogP contribution in [0.4, 0.5) is 5.13 Å². The maximum absolute atomic E-state index is 4.51. The highest BCUT2D eigenvalue weighted by Gasteiger charge is 2.29. The van der Waals surface area contributed by atoms with Crippen LogP contribution in [-0.4, -0.2) is 33.2 Å². The van der Waals surface area contributed by atoms with Crippen molar-refractivity contribution in [1.29, 1.82) is 0 Å². The van der Waals surface area contributed by atoms with Gasteiger partial charge in [0.15, 0.2) is 5.82 Å². The van der Waals surface area contributed by atoms with Crippen LogP contribution in [0, 0.1) is 0 Å². The van der Waals surface area contributed by atoms with E-state index in [1.165, 1.54) is 29.5 Å². The molecule has 3 nitrogen and oxygen atoms in total. The molecule has 0 saturated carbocycles. The number of nitrogens with zero attached hydrogens (tertiary/aromatic N) is 2. The topological polar surface area (TPSA) is 37.8 Å². The van der Waals surface area contributed by atoms with Crippen molar-refractivity contribution in [2.75, 3.05) is 23.9 Å². The highest BCUT2D eigenvalue weighted by atomic mass is 32.2. The third-order valence-electron chi connectivity index (χ3n) is 2.36. The standard InChI is InChI=1S/C9H15N3S3/c1-3-6-7(14-5-4-13-6)8-11-9(10-2)15-12-8/h6-7H,3-5H2,1-2H3,(H,10,11,12). The molecule has 2 heterocycles. The van der Waals surface area contributed by atoms with Gasteiger partial charge in [-0.15, -0.1) is 11.8 Å². The first-order chi connectivity index (χ1) is 7.35. The maximum Gasteiger partial charge on any atom is 0.202 e. The molecular formula is C9H15N3S3. The van der Waals surface area contributed by atoms with Gasteiger partial charge in [-0.3, -0.25) is 0 Å². The van der Waals surface area contributed by atoms with Gasteiger partial charge in [0.25, 0.3) is 0 Å². The number of rotatable bonds is 3. The predicted octanol–water partition coefficient (Wildman–Crippen LogP) is 2.88. The molecular weight excluding hydrogens is 246 g/mol. The van der Waals surface area contributed by atoms with Gasteiger partial charge in [-0.05, 0) is 6.42 Å². The molecule has 1 N–H and O–H groups in total. The molecule has 2 rings (SSSR count). The average molecular weight is 261 g/mol. The minimum atomic E-state index is 0.493. The summed E-state index contributed by atoms with van der Waals surface area (Å²) in [5.41, 5.74) is 0. The van der Waals surface area contributed by atoms with Crippen molar-refractivity contribution in [3.63, 3.8) is 0 Å². The van der Waals surface area contributed by atoms with Crippen molar-refractivity contribution < 1.29 is 0 Å². The van der Waals surface area contributed by atoms with E-state index in [1.807, 2.05) is 18.8 Å². The average Bonchev–Trinajstić information content (AvgIpc) is 2.77. The molecule has 1 saturated heterocycles.